The summed E-state index contributed by atoms with van der Waals surface area (Å²) >= 11 is 0. The highest BCUT2D eigenvalue weighted by Gasteiger charge is 2.25. The third-order valence-corrected chi connectivity index (χ3v) is 3.56. The second kappa shape index (κ2) is 5.07. The number of nitrogens with two attached hydrogens (primary N) is 1. The number of fused-ring (bicyclic) bond motifs is 1. The van der Waals surface area contributed by atoms with Crippen molar-refractivity contribution in [2.24, 2.45) is 5.73 Å². The number of ether oxygens (including phenoxy) is 1. The van der Waals surface area contributed by atoms with Crippen molar-refractivity contribution in [1.82, 2.24) is 0 Å². The van der Waals surface area contributed by atoms with Gasteiger partial charge in [-0.2, -0.15) is 0 Å². The zero-order valence-corrected chi connectivity index (χ0v) is 10.7. The third kappa shape index (κ3) is 2.50. The molecule has 0 fully saturated rings. The molecule has 3 N–H and O–H groups in total. The number of hydrogen-bond acceptors (Lipinski definition) is 3. The maximum absolute atomic E-state index is 9.87. The molecular weight excluding hydrogens is 237 g/mol. The highest BCUT2D eigenvalue weighted by Crippen LogP contribution is 2.24. The molecule has 0 spiro atoms. The lowest BCUT2D eigenvalue weighted by atomic mass is 9.63. The van der Waals surface area contributed by atoms with Crippen molar-refractivity contribution < 1.29 is 9.76 Å². The lowest BCUT2D eigenvalue weighted by Gasteiger charge is -2.09. The van der Waals surface area contributed by atoms with Crippen LogP contribution in [0.2, 0.25) is 6.32 Å². The number of rotatable bonds is 3. The molecule has 0 atom stereocenters. The van der Waals surface area contributed by atoms with E-state index in [1.807, 2.05) is 42.5 Å². The first-order valence-electron chi connectivity index (χ1n) is 6.54. The molecule has 4 heteroatoms. The van der Waals surface area contributed by atoms with Gasteiger partial charge in [-0.05, 0) is 48.0 Å². The van der Waals surface area contributed by atoms with Crippen LogP contribution in [-0.4, -0.2) is 11.9 Å². The molecule has 0 saturated carbocycles. The predicted molar refractivity (Wildman–Crippen MR) is 77.0 cm³/mol. The maximum Gasteiger partial charge on any atom is 0.324 e. The van der Waals surface area contributed by atoms with Crippen LogP contribution in [0.3, 0.4) is 0 Å². The molecule has 0 bridgehead atoms. The van der Waals surface area contributed by atoms with E-state index < -0.39 is 0 Å². The second-order valence-electron chi connectivity index (χ2n) is 4.87. The molecule has 19 heavy (non-hydrogen) atoms. The standard InChI is InChI=1S/C15H16BNO2/c17-10-11-1-4-13(5-2-11)19-14-6-3-12-7-8-16(18)15(12)9-14/h1-6,9,18H,7-8,10,17H2. The fourth-order valence-electron chi connectivity index (χ4n) is 2.45. The van der Waals surface area contributed by atoms with Gasteiger partial charge in [-0.1, -0.05) is 23.8 Å². The summed E-state index contributed by atoms with van der Waals surface area (Å²) < 4.78 is 5.80. The topological polar surface area (TPSA) is 55.5 Å². The minimum Gasteiger partial charge on any atom is -0.457 e. The summed E-state index contributed by atoms with van der Waals surface area (Å²) in [6, 6.07) is 13.7. The van der Waals surface area contributed by atoms with Crippen LogP contribution in [0.15, 0.2) is 42.5 Å². The van der Waals surface area contributed by atoms with Gasteiger partial charge in [0.15, 0.2) is 0 Å². The van der Waals surface area contributed by atoms with E-state index in [1.54, 1.807) is 0 Å². The van der Waals surface area contributed by atoms with Gasteiger partial charge in [-0.3, -0.25) is 0 Å². The van der Waals surface area contributed by atoms with E-state index in [9.17, 15) is 5.02 Å². The average molecular weight is 253 g/mol. The molecule has 1 aliphatic heterocycles. The van der Waals surface area contributed by atoms with Crippen LogP contribution >= 0.6 is 0 Å². The van der Waals surface area contributed by atoms with Crippen LogP contribution in [-0.2, 0) is 13.0 Å². The van der Waals surface area contributed by atoms with E-state index in [1.165, 1.54) is 5.56 Å². The van der Waals surface area contributed by atoms with Gasteiger partial charge in [0.1, 0.15) is 11.5 Å². The Kier molecular flexibility index (Phi) is 3.28. The highest BCUT2D eigenvalue weighted by atomic mass is 16.5. The van der Waals surface area contributed by atoms with Gasteiger partial charge in [0.05, 0.1) is 0 Å². The van der Waals surface area contributed by atoms with Crippen LogP contribution in [0.1, 0.15) is 11.1 Å². The summed E-state index contributed by atoms with van der Waals surface area (Å²) in [6.07, 6.45) is 1.76. The van der Waals surface area contributed by atoms with E-state index in [4.69, 9.17) is 10.5 Å². The normalized spacial score (nSPS) is 13.5. The summed E-state index contributed by atoms with van der Waals surface area (Å²) in [5, 5.41) is 9.87. The van der Waals surface area contributed by atoms with E-state index in [-0.39, 0.29) is 6.92 Å². The Bertz CT molecular complexity index is 583. The summed E-state index contributed by atoms with van der Waals surface area (Å²) in [6.45, 7) is 0.184. The molecule has 1 heterocycles. The fraction of sp³-hybridized carbons (Fsp3) is 0.200. The molecule has 2 aromatic rings. The summed E-state index contributed by atoms with van der Waals surface area (Å²) in [5.74, 6) is 1.55. The van der Waals surface area contributed by atoms with Crippen LogP contribution < -0.4 is 15.9 Å². The van der Waals surface area contributed by atoms with Crippen LogP contribution in [0.25, 0.3) is 0 Å². The summed E-state index contributed by atoms with van der Waals surface area (Å²) in [5.41, 5.74) is 8.86. The lowest BCUT2D eigenvalue weighted by molar-refractivity contribution is 0.482. The Balaban J connectivity index is 1.81. The maximum atomic E-state index is 9.87. The average Bonchev–Trinajstić information content (AvgIpc) is 2.81. The number of aryl methyl sites for hydroxylation is 1. The van der Waals surface area contributed by atoms with Crippen molar-refractivity contribution in [3.63, 3.8) is 0 Å². The number of benzene rings is 2. The molecule has 0 aromatic heterocycles. The number of hydrogen-bond donors (Lipinski definition) is 2. The molecule has 0 aliphatic carbocycles. The Labute approximate surface area is 113 Å². The van der Waals surface area contributed by atoms with Gasteiger partial charge in [0, 0.05) is 6.54 Å². The fourth-order valence-corrected chi connectivity index (χ4v) is 2.45. The first-order chi connectivity index (χ1) is 9.26. The predicted octanol–water partition coefficient (Wildman–Crippen LogP) is 1.68. The highest BCUT2D eigenvalue weighted by molar-refractivity contribution is 6.68. The van der Waals surface area contributed by atoms with Gasteiger partial charge in [-0.25, -0.2) is 0 Å². The minimum atomic E-state index is -0.349. The van der Waals surface area contributed by atoms with Gasteiger partial charge in [0.2, 0.25) is 0 Å². The van der Waals surface area contributed by atoms with Crippen molar-refractivity contribution in [2.75, 3.05) is 0 Å². The summed E-state index contributed by atoms with van der Waals surface area (Å²) in [4.78, 5) is 0. The Morgan fingerprint density at radius 3 is 2.58 bits per heavy atom. The van der Waals surface area contributed by atoms with Crippen LogP contribution in [0.5, 0.6) is 11.5 Å². The Hall–Kier alpha value is -1.78. The smallest absolute Gasteiger partial charge is 0.324 e. The molecular formula is C15H16BNO2. The van der Waals surface area contributed by atoms with Gasteiger partial charge in [0.25, 0.3) is 0 Å². The van der Waals surface area contributed by atoms with Crippen molar-refractivity contribution in [3.05, 3.63) is 53.6 Å². The van der Waals surface area contributed by atoms with E-state index in [0.29, 0.717) is 6.54 Å². The molecule has 0 saturated heterocycles. The van der Waals surface area contributed by atoms with Crippen molar-refractivity contribution in [1.29, 1.82) is 0 Å². The molecule has 1 aliphatic rings. The molecule has 96 valence electrons. The quantitative estimate of drug-likeness (QED) is 0.818. The van der Waals surface area contributed by atoms with E-state index in [0.717, 1.165) is 35.3 Å². The largest absolute Gasteiger partial charge is 0.457 e. The zero-order valence-electron chi connectivity index (χ0n) is 10.7. The lowest BCUT2D eigenvalue weighted by Crippen LogP contribution is -2.25. The van der Waals surface area contributed by atoms with E-state index >= 15 is 0 Å². The third-order valence-electron chi connectivity index (χ3n) is 3.56. The molecule has 0 amide bonds. The van der Waals surface area contributed by atoms with Crippen LogP contribution in [0.4, 0.5) is 0 Å². The first kappa shape index (κ1) is 12.3. The summed E-state index contributed by atoms with van der Waals surface area (Å²) in [7, 11) is 0. The van der Waals surface area contributed by atoms with Gasteiger partial charge >= 0.3 is 6.92 Å². The SMILES string of the molecule is NCc1ccc(Oc2ccc3c(c2)B(O)CC3)cc1. The molecule has 0 radical (unpaired) electrons. The van der Waals surface area contributed by atoms with E-state index in [2.05, 4.69) is 0 Å². The Morgan fingerprint density at radius 2 is 1.84 bits per heavy atom. The second-order valence-corrected chi connectivity index (χ2v) is 4.87. The monoisotopic (exact) mass is 253 g/mol. The Morgan fingerprint density at radius 1 is 1.11 bits per heavy atom. The molecule has 3 rings (SSSR count). The zero-order chi connectivity index (χ0) is 13.2. The molecule has 2 aromatic carbocycles. The first-order valence-corrected chi connectivity index (χ1v) is 6.54. The van der Waals surface area contributed by atoms with Crippen molar-refractivity contribution in [3.8, 4) is 11.5 Å². The van der Waals surface area contributed by atoms with Crippen molar-refractivity contribution >= 4 is 12.4 Å². The molecule has 3 nitrogen and oxygen atoms in total. The minimum absolute atomic E-state index is 0.349. The van der Waals surface area contributed by atoms with Gasteiger partial charge in [-0.15, -0.1) is 0 Å². The van der Waals surface area contributed by atoms with Gasteiger partial charge < -0.3 is 15.5 Å². The molecule has 0 unspecified atom stereocenters. The van der Waals surface area contributed by atoms with Crippen LogP contribution in [0, 0.1) is 0 Å². The van der Waals surface area contributed by atoms with Crippen molar-refractivity contribution in [2.45, 2.75) is 19.3 Å².